The second kappa shape index (κ2) is 5.67. The number of aromatic nitrogens is 1. The zero-order chi connectivity index (χ0) is 13.2. The second-order valence-electron chi connectivity index (χ2n) is 5.09. The Hall–Kier alpha value is -0.460. The van der Waals surface area contributed by atoms with Crippen LogP contribution in [0.2, 0.25) is 0 Å². The van der Waals surface area contributed by atoms with Crippen molar-refractivity contribution in [2.75, 3.05) is 18.1 Å². The normalized spacial score (nSPS) is 21.9. The Labute approximate surface area is 113 Å². The Morgan fingerprint density at radius 1 is 1.50 bits per heavy atom. The molecule has 1 aromatic heterocycles. The molecule has 0 saturated carbocycles. The molecule has 0 bridgehead atoms. The van der Waals surface area contributed by atoms with Crippen LogP contribution in [-0.2, 0) is 16.3 Å². The SMILES string of the molecule is CC(CN)c1cnc(CC2CCS(=O)(=O)CC2)s1. The van der Waals surface area contributed by atoms with Gasteiger partial charge in [-0.2, -0.15) is 0 Å². The molecule has 1 unspecified atom stereocenters. The first kappa shape index (κ1) is 14.0. The van der Waals surface area contributed by atoms with Crippen LogP contribution < -0.4 is 5.73 Å². The van der Waals surface area contributed by atoms with Crippen LogP contribution in [0.3, 0.4) is 0 Å². The first-order valence-electron chi connectivity index (χ1n) is 6.35. The fraction of sp³-hybridized carbons (Fsp3) is 0.750. The van der Waals surface area contributed by atoms with Crippen LogP contribution in [0.15, 0.2) is 6.20 Å². The van der Waals surface area contributed by atoms with Crippen LogP contribution in [0.4, 0.5) is 0 Å². The highest BCUT2D eigenvalue weighted by atomic mass is 32.2. The third-order valence-corrected chi connectivity index (χ3v) is 6.51. The molecule has 0 spiro atoms. The molecule has 1 fully saturated rings. The monoisotopic (exact) mass is 288 g/mol. The Morgan fingerprint density at radius 3 is 2.78 bits per heavy atom. The van der Waals surface area contributed by atoms with Gasteiger partial charge in [0.25, 0.3) is 0 Å². The fourth-order valence-electron chi connectivity index (χ4n) is 2.15. The molecule has 0 amide bonds. The summed E-state index contributed by atoms with van der Waals surface area (Å²) < 4.78 is 22.7. The van der Waals surface area contributed by atoms with Gasteiger partial charge in [0.2, 0.25) is 0 Å². The lowest BCUT2D eigenvalue weighted by atomic mass is 9.99. The van der Waals surface area contributed by atoms with Gasteiger partial charge in [-0.15, -0.1) is 11.3 Å². The van der Waals surface area contributed by atoms with E-state index in [9.17, 15) is 8.42 Å². The van der Waals surface area contributed by atoms with Crippen molar-refractivity contribution in [3.05, 3.63) is 16.1 Å². The zero-order valence-electron chi connectivity index (χ0n) is 10.6. The van der Waals surface area contributed by atoms with Crippen molar-refractivity contribution in [1.82, 2.24) is 4.98 Å². The first-order chi connectivity index (χ1) is 8.50. The van der Waals surface area contributed by atoms with Gasteiger partial charge in [0.15, 0.2) is 0 Å². The number of sulfone groups is 1. The largest absolute Gasteiger partial charge is 0.330 e. The summed E-state index contributed by atoms with van der Waals surface area (Å²) in [6.45, 7) is 2.74. The minimum atomic E-state index is -2.75. The van der Waals surface area contributed by atoms with Gasteiger partial charge < -0.3 is 5.73 Å². The molecule has 0 radical (unpaired) electrons. The van der Waals surface area contributed by atoms with Gasteiger partial charge in [-0.25, -0.2) is 13.4 Å². The van der Waals surface area contributed by atoms with Crippen LogP contribution in [0, 0.1) is 5.92 Å². The number of nitrogens with two attached hydrogens (primary N) is 1. The number of hydrogen-bond donors (Lipinski definition) is 1. The molecular weight excluding hydrogens is 268 g/mol. The van der Waals surface area contributed by atoms with E-state index in [0.717, 1.165) is 24.3 Å². The minimum Gasteiger partial charge on any atom is -0.330 e. The maximum atomic E-state index is 11.4. The summed E-state index contributed by atoms with van der Waals surface area (Å²) >= 11 is 1.72. The van der Waals surface area contributed by atoms with E-state index in [1.165, 1.54) is 4.88 Å². The first-order valence-corrected chi connectivity index (χ1v) is 8.99. The van der Waals surface area contributed by atoms with E-state index in [4.69, 9.17) is 5.73 Å². The van der Waals surface area contributed by atoms with Crippen LogP contribution in [0.5, 0.6) is 0 Å². The fourth-order valence-corrected chi connectivity index (χ4v) is 4.84. The maximum Gasteiger partial charge on any atom is 0.150 e. The Kier molecular flexibility index (Phi) is 4.40. The van der Waals surface area contributed by atoms with E-state index >= 15 is 0 Å². The van der Waals surface area contributed by atoms with Gasteiger partial charge >= 0.3 is 0 Å². The van der Waals surface area contributed by atoms with Crippen molar-refractivity contribution in [2.45, 2.75) is 32.1 Å². The maximum absolute atomic E-state index is 11.4. The summed E-state index contributed by atoms with van der Waals surface area (Å²) in [6, 6.07) is 0. The van der Waals surface area contributed by atoms with Gasteiger partial charge in [0, 0.05) is 23.4 Å². The van der Waals surface area contributed by atoms with Crippen molar-refractivity contribution < 1.29 is 8.42 Å². The Morgan fingerprint density at radius 2 is 2.17 bits per heavy atom. The highest BCUT2D eigenvalue weighted by Crippen LogP contribution is 2.27. The standard InChI is InChI=1S/C12H20N2O2S2/c1-9(7-13)11-8-14-12(17-11)6-10-2-4-18(15,16)5-3-10/h8-10H,2-7,13H2,1H3. The lowest BCUT2D eigenvalue weighted by Gasteiger charge is -2.20. The van der Waals surface area contributed by atoms with E-state index in [0.29, 0.717) is 29.9 Å². The highest BCUT2D eigenvalue weighted by molar-refractivity contribution is 7.91. The van der Waals surface area contributed by atoms with Gasteiger partial charge in [-0.3, -0.25) is 0 Å². The molecule has 1 aliphatic heterocycles. The van der Waals surface area contributed by atoms with Crippen LogP contribution in [0.1, 0.15) is 35.6 Å². The zero-order valence-corrected chi connectivity index (χ0v) is 12.3. The van der Waals surface area contributed by atoms with Gasteiger partial charge in [0.05, 0.1) is 16.5 Å². The number of nitrogens with zero attached hydrogens (tertiary/aromatic N) is 1. The predicted octanol–water partition coefficient (Wildman–Crippen LogP) is 1.57. The molecule has 18 heavy (non-hydrogen) atoms. The highest BCUT2D eigenvalue weighted by Gasteiger charge is 2.24. The second-order valence-corrected chi connectivity index (χ2v) is 8.54. The van der Waals surface area contributed by atoms with Crippen LogP contribution in [0.25, 0.3) is 0 Å². The number of hydrogen-bond acceptors (Lipinski definition) is 5. The lowest BCUT2D eigenvalue weighted by molar-refractivity contribution is 0.462. The van der Waals surface area contributed by atoms with Crippen molar-refractivity contribution in [2.24, 2.45) is 11.7 Å². The summed E-state index contributed by atoms with van der Waals surface area (Å²) in [4.78, 5) is 5.66. The summed E-state index contributed by atoms with van der Waals surface area (Å²) in [7, 11) is -2.75. The minimum absolute atomic E-state index is 0.342. The average molecular weight is 288 g/mol. The molecule has 1 aliphatic rings. The van der Waals surface area contributed by atoms with Gasteiger partial charge in [0.1, 0.15) is 9.84 Å². The van der Waals surface area contributed by atoms with E-state index in [1.54, 1.807) is 11.3 Å². The summed E-state index contributed by atoms with van der Waals surface area (Å²) in [5.41, 5.74) is 5.64. The van der Waals surface area contributed by atoms with E-state index in [1.807, 2.05) is 6.20 Å². The molecule has 4 nitrogen and oxygen atoms in total. The molecule has 102 valence electrons. The average Bonchev–Trinajstić information content (AvgIpc) is 2.79. The molecule has 0 aromatic carbocycles. The molecule has 2 heterocycles. The molecular formula is C12H20N2O2S2. The third kappa shape index (κ3) is 3.52. The van der Waals surface area contributed by atoms with E-state index < -0.39 is 9.84 Å². The van der Waals surface area contributed by atoms with E-state index in [2.05, 4.69) is 11.9 Å². The third-order valence-electron chi connectivity index (χ3n) is 3.55. The van der Waals surface area contributed by atoms with Crippen molar-refractivity contribution >= 4 is 21.2 Å². The predicted molar refractivity (Wildman–Crippen MR) is 74.7 cm³/mol. The quantitative estimate of drug-likeness (QED) is 0.913. The number of rotatable bonds is 4. The summed E-state index contributed by atoms with van der Waals surface area (Å²) in [6.07, 6.45) is 4.39. The molecule has 1 saturated heterocycles. The molecule has 2 rings (SSSR count). The summed E-state index contributed by atoms with van der Waals surface area (Å²) in [5, 5.41) is 1.12. The lowest BCUT2D eigenvalue weighted by Crippen LogP contribution is -2.24. The summed E-state index contributed by atoms with van der Waals surface area (Å²) in [5.74, 6) is 1.52. The van der Waals surface area contributed by atoms with Crippen molar-refractivity contribution in [3.8, 4) is 0 Å². The number of thiazole rings is 1. The van der Waals surface area contributed by atoms with E-state index in [-0.39, 0.29) is 0 Å². The van der Waals surface area contributed by atoms with Crippen LogP contribution in [-0.4, -0.2) is 31.5 Å². The smallest absolute Gasteiger partial charge is 0.150 e. The van der Waals surface area contributed by atoms with Crippen LogP contribution >= 0.6 is 11.3 Å². The molecule has 6 heteroatoms. The molecule has 1 aromatic rings. The Bertz CT molecular complexity index is 482. The molecule has 2 N–H and O–H groups in total. The Balaban J connectivity index is 1.92. The topological polar surface area (TPSA) is 73.0 Å². The molecule has 0 aliphatic carbocycles. The van der Waals surface area contributed by atoms with Gasteiger partial charge in [-0.1, -0.05) is 6.92 Å². The molecule has 1 atom stereocenters. The van der Waals surface area contributed by atoms with Gasteiger partial charge in [-0.05, 0) is 25.3 Å². The van der Waals surface area contributed by atoms with Crippen molar-refractivity contribution in [1.29, 1.82) is 0 Å². The van der Waals surface area contributed by atoms with Crippen molar-refractivity contribution in [3.63, 3.8) is 0 Å².